The molecule has 0 amide bonds. The zero-order chi connectivity index (χ0) is 11.8. The third-order valence-electron chi connectivity index (χ3n) is 3.19. The molecule has 2 aliphatic rings. The first-order chi connectivity index (χ1) is 8.29. The van der Waals surface area contributed by atoms with Crippen LogP contribution in [0.3, 0.4) is 0 Å². The molecule has 4 unspecified atom stereocenters. The summed E-state index contributed by atoms with van der Waals surface area (Å²) in [6.45, 7) is 1.25. The Morgan fingerprint density at radius 3 is 3.12 bits per heavy atom. The van der Waals surface area contributed by atoms with Crippen LogP contribution in [0.15, 0.2) is 6.20 Å². The van der Waals surface area contributed by atoms with Crippen molar-refractivity contribution in [1.29, 1.82) is 0 Å². The van der Waals surface area contributed by atoms with E-state index in [4.69, 9.17) is 14.2 Å². The van der Waals surface area contributed by atoms with Gasteiger partial charge in [0.2, 0.25) is 0 Å². The quantitative estimate of drug-likeness (QED) is 0.740. The predicted octanol–water partition coefficient (Wildman–Crippen LogP) is -0.876. The normalized spacial score (nSPS) is 36.4. The summed E-state index contributed by atoms with van der Waals surface area (Å²) in [7, 11) is 1.62. The maximum absolute atomic E-state index is 9.64. The Hall–Kier alpha value is -1.02. The Morgan fingerprint density at radius 1 is 1.47 bits per heavy atom. The number of aromatic nitrogens is 3. The van der Waals surface area contributed by atoms with Crippen LogP contribution in [0.2, 0.25) is 0 Å². The zero-order valence-corrected chi connectivity index (χ0v) is 9.52. The van der Waals surface area contributed by atoms with Crippen LogP contribution in [0.4, 0.5) is 0 Å². The van der Waals surface area contributed by atoms with Crippen molar-refractivity contribution in [3.8, 4) is 0 Å². The van der Waals surface area contributed by atoms with E-state index in [1.807, 2.05) is 6.20 Å². The molecule has 1 aromatic rings. The van der Waals surface area contributed by atoms with Gasteiger partial charge in [0, 0.05) is 7.11 Å². The molecule has 7 heteroatoms. The van der Waals surface area contributed by atoms with E-state index >= 15 is 0 Å². The number of ether oxygens (including phenoxy) is 3. The van der Waals surface area contributed by atoms with Gasteiger partial charge in [0.1, 0.15) is 30.0 Å². The van der Waals surface area contributed by atoms with Crippen LogP contribution >= 0.6 is 0 Å². The predicted molar refractivity (Wildman–Crippen MR) is 55.3 cm³/mol. The average molecular weight is 241 g/mol. The van der Waals surface area contributed by atoms with Crippen molar-refractivity contribution in [2.75, 3.05) is 20.3 Å². The lowest BCUT2D eigenvalue weighted by Crippen LogP contribution is -2.30. The van der Waals surface area contributed by atoms with Crippen LogP contribution in [0.1, 0.15) is 11.7 Å². The summed E-state index contributed by atoms with van der Waals surface area (Å²) >= 11 is 0. The van der Waals surface area contributed by atoms with Crippen LogP contribution < -0.4 is 0 Å². The van der Waals surface area contributed by atoms with E-state index in [0.29, 0.717) is 19.8 Å². The summed E-state index contributed by atoms with van der Waals surface area (Å²) in [4.78, 5) is 0. The Labute approximate surface area is 98.3 Å². The Bertz CT molecular complexity index is 397. The molecule has 0 aromatic carbocycles. The molecule has 0 aliphatic carbocycles. The lowest BCUT2D eigenvalue weighted by Gasteiger charge is -2.15. The van der Waals surface area contributed by atoms with Crippen LogP contribution in [0.25, 0.3) is 0 Å². The summed E-state index contributed by atoms with van der Waals surface area (Å²) in [6, 6.07) is -0.0183. The summed E-state index contributed by atoms with van der Waals surface area (Å²) in [5.41, 5.74) is 0.773. The second kappa shape index (κ2) is 4.34. The maximum Gasteiger partial charge on any atom is 0.114 e. The van der Waals surface area contributed by atoms with Crippen molar-refractivity contribution >= 4 is 0 Å². The summed E-state index contributed by atoms with van der Waals surface area (Å²) in [6.07, 6.45) is 0.915. The van der Waals surface area contributed by atoms with Gasteiger partial charge in [-0.15, -0.1) is 5.10 Å². The third kappa shape index (κ3) is 1.85. The molecule has 1 aromatic heterocycles. The number of aliphatic hydroxyl groups is 1. The molecule has 94 valence electrons. The van der Waals surface area contributed by atoms with E-state index in [9.17, 15) is 5.11 Å². The van der Waals surface area contributed by atoms with Crippen molar-refractivity contribution < 1.29 is 19.3 Å². The van der Waals surface area contributed by atoms with Crippen molar-refractivity contribution in [2.24, 2.45) is 0 Å². The number of aliphatic hydroxyl groups excluding tert-OH is 1. The van der Waals surface area contributed by atoms with Crippen LogP contribution in [0.5, 0.6) is 0 Å². The molecule has 0 bridgehead atoms. The molecule has 0 spiro atoms. The number of hydrogen-bond donors (Lipinski definition) is 1. The molecule has 3 rings (SSSR count). The topological polar surface area (TPSA) is 78.6 Å². The zero-order valence-electron chi connectivity index (χ0n) is 9.52. The summed E-state index contributed by atoms with van der Waals surface area (Å²) in [5.74, 6) is 0. The second-order valence-corrected chi connectivity index (χ2v) is 4.35. The lowest BCUT2D eigenvalue weighted by molar-refractivity contribution is 0.0169. The fraction of sp³-hybridized carbons (Fsp3) is 0.800. The molecule has 7 nitrogen and oxygen atoms in total. The molecule has 2 fully saturated rings. The molecule has 2 aliphatic heterocycles. The summed E-state index contributed by atoms with van der Waals surface area (Å²) in [5, 5.41) is 17.7. The van der Waals surface area contributed by atoms with Gasteiger partial charge in [-0.1, -0.05) is 5.21 Å². The second-order valence-electron chi connectivity index (χ2n) is 4.35. The van der Waals surface area contributed by atoms with Gasteiger partial charge >= 0.3 is 0 Å². The molecule has 2 saturated heterocycles. The van der Waals surface area contributed by atoms with E-state index in [0.717, 1.165) is 5.69 Å². The SMILES string of the molecule is COCc1cn(C2COC3C(O)COC32)nn1. The van der Waals surface area contributed by atoms with Gasteiger partial charge in [-0.3, -0.25) is 0 Å². The minimum atomic E-state index is -0.535. The minimum absolute atomic E-state index is 0.0183. The van der Waals surface area contributed by atoms with Gasteiger partial charge in [0.25, 0.3) is 0 Å². The molecular weight excluding hydrogens is 226 g/mol. The molecular formula is C10H15N3O4. The largest absolute Gasteiger partial charge is 0.388 e. The fourth-order valence-corrected chi connectivity index (χ4v) is 2.38. The fourth-order valence-electron chi connectivity index (χ4n) is 2.38. The highest BCUT2D eigenvalue weighted by Gasteiger charge is 2.48. The van der Waals surface area contributed by atoms with E-state index in [1.165, 1.54) is 0 Å². The molecule has 17 heavy (non-hydrogen) atoms. The average Bonchev–Trinajstić information content (AvgIpc) is 2.97. The monoisotopic (exact) mass is 241 g/mol. The number of methoxy groups -OCH3 is 1. The van der Waals surface area contributed by atoms with Crippen LogP contribution in [0, 0.1) is 0 Å². The number of hydrogen-bond acceptors (Lipinski definition) is 6. The molecule has 0 saturated carbocycles. The maximum atomic E-state index is 9.64. The Balaban J connectivity index is 1.76. The highest BCUT2D eigenvalue weighted by atomic mass is 16.6. The molecule has 3 heterocycles. The molecule has 1 N–H and O–H groups in total. The van der Waals surface area contributed by atoms with Crippen molar-refractivity contribution in [2.45, 2.75) is 31.0 Å². The first-order valence-electron chi connectivity index (χ1n) is 5.60. The molecule has 0 radical (unpaired) electrons. The lowest BCUT2D eigenvalue weighted by atomic mass is 10.1. The van der Waals surface area contributed by atoms with E-state index in [1.54, 1.807) is 11.8 Å². The van der Waals surface area contributed by atoms with Gasteiger partial charge < -0.3 is 19.3 Å². The Kier molecular flexibility index (Phi) is 2.83. The minimum Gasteiger partial charge on any atom is -0.388 e. The number of fused-ring (bicyclic) bond motifs is 1. The van der Waals surface area contributed by atoms with Gasteiger partial charge in [0.05, 0.1) is 26.0 Å². The van der Waals surface area contributed by atoms with Gasteiger partial charge in [-0.25, -0.2) is 4.68 Å². The highest BCUT2D eigenvalue weighted by molar-refractivity contribution is 4.99. The smallest absolute Gasteiger partial charge is 0.114 e. The first-order valence-corrected chi connectivity index (χ1v) is 5.60. The van der Waals surface area contributed by atoms with Crippen molar-refractivity contribution in [1.82, 2.24) is 15.0 Å². The summed E-state index contributed by atoms with van der Waals surface area (Å²) < 4.78 is 17.8. The van der Waals surface area contributed by atoms with Gasteiger partial charge in [-0.2, -0.15) is 0 Å². The van der Waals surface area contributed by atoms with E-state index in [2.05, 4.69) is 10.3 Å². The Morgan fingerprint density at radius 2 is 2.29 bits per heavy atom. The van der Waals surface area contributed by atoms with Crippen LogP contribution in [-0.4, -0.2) is 58.7 Å². The van der Waals surface area contributed by atoms with Gasteiger partial charge in [-0.05, 0) is 0 Å². The number of rotatable bonds is 3. The van der Waals surface area contributed by atoms with Gasteiger partial charge in [0.15, 0.2) is 0 Å². The number of nitrogens with zero attached hydrogens (tertiary/aromatic N) is 3. The first kappa shape index (κ1) is 11.1. The highest BCUT2D eigenvalue weighted by Crippen LogP contribution is 2.33. The van der Waals surface area contributed by atoms with E-state index < -0.39 is 6.10 Å². The third-order valence-corrected chi connectivity index (χ3v) is 3.19. The van der Waals surface area contributed by atoms with E-state index in [-0.39, 0.29) is 18.2 Å². The van der Waals surface area contributed by atoms with Crippen molar-refractivity contribution in [3.05, 3.63) is 11.9 Å². The van der Waals surface area contributed by atoms with Crippen LogP contribution in [-0.2, 0) is 20.8 Å². The molecule has 4 atom stereocenters. The van der Waals surface area contributed by atoms with Crippen molar-refractivity contribution in [3.63, 3.8) is 0 Å². The standard InChI is InChI=1S/C10H15N3O4/c1-15-3-6-2-13(12-11-6)7-4-16-10-8(14)5-17-9(7)10/h2,7-10,14H,3-5H2,1H3.